The zero-order valence-electron chi connectivity index (χ0n) is 16.2. The average molecular weight is 357 g/mol. The van der Waals surface area contributed by atoms with Crippen molar-refractivity contribution in [1.29, 1.82) is 0 Å². The molecule has 2 aromatic rings. The SMILES string of the molecule is Cc1cnc(C)c(N2CCC(C(=O)O)(n3ccc(C(C)(C)C)n3)CC2)n1. The average Bonchev–Trinajstić information content (AvgIpc) is 3.08. The number of carboxylic acids is 1. The molecule has 0 aromatic carbocycles. The van der Waals surface area contributed by atoms with E-state index in [0.29, 0.717) is 25.9 Å². The summed E-state index contributed by atoms with van der Waals surface area (Å²) >= 11 is 0. The molecular weight excluding hydrogens is 330 g/mol. The van der Waals surface area contributed by atoms with Crippen LogP contribution in [0.5, 0.6) is 0 Å². The van der Waals surface area contributed by atoms with Crippen molar-refractivity contribution in [3.8, 4) is 0 Å². The number of carbonyl (C=O) groups is 1. The first-order chi connectivity index (χ1) is 12.1. The summed E-state index contributed by atoms with van der Waals surface area (Å²) < 4.78 is 1.65. The molecule has 1 saturated heterocycles. The van der Waals surface area contributed by atoms with E-state index in [1.54, 1.807) is 10.9 Å². The van der Waals surface area contributed by atoms with Gasteiger partial charge in [-0.05, 0) is 19.9 Å². The Morgan fingerprint density at radius 2 is 1.88 bits per heavy atom. The number of aromatic nitrogens is 4. The van der Waals surface area contributed by atoms with Crippen LogP contribution in [0.3, 0.4) is 0 Å². The van der Waals surface area contributed by atoms with Crippen molar-refractivity contribution >= 4 is 11.8 Å². The van der Waals surface area contributed by atoms with Crippen LogP contribution in [0.15, 0.2) is 18.5 Å². The largest absolute Gasteiger partial charge is 0.479 e. The number of hydrogen-bond acceptors (Lipinski definition) is 5. The fourth-order valence-corrected chi connectivity index (χ4v) is 3.42. The van der Waals surface area contributed by atoms with Gasteiger partial charge in [0.05, 0.1) is 17.1 Å². The Bertz CT molecular complexity index is 814. The molecule has 26 heavy (non-hydrogen) atoms. The van der Waals surface area contributed by atoms with E-state index < -0.39 is 11.5 Å². The van der Waals surface area contributed by atoms with Gasteiger partial charge in [-0.2, -0.15) is 5.10 Å². The first kappa shape index (κ1) is 18.4. The third-order valence-corrected chi connectivity index (χ3v) is 5.14. The quantitative estimate of drug-likeness (QED) is 0.909. The molecule has 2 aromatic heterocycles. The molecule has 7 nitrogen and oxygen atoms in total. The molecular formula is C19H27N5O2. The minimum absolute atomic E-state index is 0.111. The monoisotopic (exact) mass is 357 g/mol. The molecule has 3 rings (SSSR count). The maximum atomic E-state index is 12.2. The van der Waals surface area contributed by atoms with Crippen molar-refractivity contribution in [2.45, 2.75) is 58.4 Å². The van der Waals surface area contributed by atoms with Crippen molar-refractivity contribution < 1.29 is 9.90 Å². The molecule has 7 heteroatoms. The lowest BCUT2D eigenvalue weighted by Gasteiger charge is -2.39. The Hall–Kier alpha value is -2.44. The molecule has 0 aliphatic carbocycles. The number of aryl methyl sites for hydroxylation is 2. The first-order valence-corrected chi connectivity index (χ1v) is 8.99. The number of rotatable bonds is 3. The fraction of sp³-hybridized carbons (Fsp3) is 0.579. The topological polar surface area (TPSA) is 84.1 Å². The highest BCUT2D eigenvalue weighted by molar-refractivity contribution is 5.77. The predicted molar refractivity (Wildman–Crippen MR) is 99.5 cm³/mol. The molecule has 0 spiro atoms. The molecule has 1 aliphatic rings. The van der Waals surface area contributed by atoms with Crippen LogP contribution in [0.4, 0.5) is 5.82 Å². The molecule has 1 N–H and O–H groups in total. The standard InChI is InChI=1S/C19H27N5O2/c1-13-12-20-14(2)16(21-13)23-10-7-19(8-11-23,17(25)26)24-9-6-15(22-24)18(3,4)5/h6,9,12H,7-8,10-11H2,1-5H3,(H,25,26). The highest BCUT2D eigenvalue weighted by atomic mass is 16.4. The molecule has 0 radical (unpaired) electrons. The van der Waals surface area contributed by atoms with Crippen LogP contribution in [0.25, 0.3) is 0 Å². The normalized spacial score (nSPS) is 17.3. The molecule has 0 unspecified atom stereocenters. The number of nitrogens with zero attached hydrogens (tertiary/aromatic N) is 5. The van der Waals surface area contributed by atoms with Crippen molar-refractivity contribution in [3.05, 3.63) is 35.5 Å². The van der Waals surface area contributed by atoms with Gasteiger partial charge in [0.1, 0.15) is 5.82 Å². The first-order valence-electron chi connectivity index (χ1n) is 8.99. The highest BCUT2D eigenvalue weighted by Crippen LogP contribution is 2.33. The smallest absolute Gasteiger partial charge is 0.331 e. The zero-order chi connectivity index (χ0) is 19.1. The van der Waals surface area contributed by atoms with E-state index in [4.69, 9.17) is 0 Å². The minimum atomic E-state index is -1.01. The summed E-state index contributed by atoms with van der Waals surface area (Å²) in [5.74, 6) is 0.0209. The van der Waals surface area contributed by atoms with E-state index >= 15 is 0 Å². The van der Waals surface area contributed by atoms with Crippen LogP contribution >= 0.6 is 0 Å². The van der Waals surface area contributed by atoms with Gasteiger partial charge in [-0.1, -0.05) is 20.8 Å². The van der Waals surface area contributed by atoms with Crippen LogP contribution in [0.2, 0.25) is 0 Å². The van der Waals surface area contributed by atoms with Gasteiger partial charge in [0.25, 0.3) is 0 Å². The summed E-state index contributed by atoms with van der Waals surface area (Å²) in [6, 6.07) is 1.92. The van der Waals surface area contributed by atoms with Crippen LogP contribution in [0, 0.1) is 13.8 Å². The minimum Gasteiger partial charge on any atom is -0.479 e. The van der Waals surface area contributed by atoms with Crippen LogP contribution in [-0.4, -0.2) is 43.9 Å². The Kier molecular flexibility index (Phi) is 4.50. The Balaban J connectivity index is 1.87. The summed E-state index contributed by atoms with van der Waals surface area (Å²) in [6.07, 6.45) is 4.51. The molecule has 0 atom stereocenters. The molecule has 3 heterocycles. The lowest BCUT2D eigenvalue weighted by atomic mass is 9.87. The lowest BCUT2D eigenvalue weighted by Crippen LogP contribution is -2.51. The Morgan fingerprint density at radius 1 is 1.23 bits per heavy atom. The van der Waals surface area contributed by atoms with Gasteiger partial charge in [0.2, 0.25) is 0 Å². The fourth-order valence-electron chi connectivity index (χ4n) is 3.42. The molecule has 1 fully saturated rings. The summed E-state index contributed by atoms with van der Waals surface area (Å²) in [4.78, 5) is 23.3. The van der Waals surface area contributed by atoms with Crippen molar-refractivity contribution in [3.63, 3.8) is 0 Å². The van der Waals surface area contributed by atoms with E-state index in [1.165, 1.54) is 0 Å². The van der Waals surface area contributed by atoms with Gasteiger partial charge in [-0.3, -0.25) is 9.67 Å². The third kappa shape index (κ3) is 3.18. The number of hydrogen-bond donors (Lipinski definition) is 1. The van der Waals surface area contributed by atoms with Gasteiger partial charge in [-0.25, -0.2) is 9.78 Å². The zero-order valence-corrected chi connectivity index (χ0v) is 16.2. The van der Waals surface area contributed by atoms with Crippen molar-refractivity contribution in [1.82, 2.24) is 19.7 Å². The summed E-state index contributed by atoms with van der Waals surface area (Å²) in [7, 11) is 0. The van der Waals surface area contributed by atoms with Gasteiger partial charge in [-0.15, -0.1) is 0 Å². The van der Waals surface area contributed by atoms with Gasteiger partial charge < -0.3 is 10.0 Å². The second-order valence-electron chi connectivity index (χ2n) is 8.14. The highest BCUT2D eigenvalue weighted by Gasteiger charge is 2.45. The number of carboxylic acid groups (broad SMARTS) is 1. The van der Waals surface area contributed by atoms with E-state index in [0.717, 1.165) is 22.9 Å². The maximum Gasteiger partial charge on any atom is 0.331 e. The molecule has 0 saturated carbocycles. The van der Waals surface area contributed by atoms with Crippen LogP contribution in [0.1, 0.15) is 50.7 Å². The maximum absolute atomic E-state index is 12.2. The summed E-state index contributed by atoms with van der Waals surface area (Å²) in [5, 5.41) is 14.6. The second-order valence-corrected chi connectivity index (χ2v) is 8.14. The van der Waals surface area contributed by atoms with Gasteiger partial charge in [0.15, 0.2) is 5.54 Å². The molecule has 0 bridgehead atoms. The van der Waals surface area contributed by atoms with Crippen LogP contribution in [-0.2, 0) is 15.7 Å². The van der Waals surface area contributed by atoms with Crippen molar-refractivity contribution in [2.24, 2.45) is 0 Å². The van der Waals surface area contributed by atoms with Crippen LogP contribution < -0.4 is 4.90 Å². The van der Waals surface area contributed by atoms with E-state index in [2.05, 4.69) is 40.7 Å². The van der Waals surface area contributed by atoms with Gasteiger partial charge >= 0.3 is 5.97 Å². The predicted octanol–water partition coefficient (Wildman–Crippen LogP) is 2.67. The van der Waals surface area contributed by atoms with E-state index in [-0.39, 0.29) is 5.41 Å². The third-order valence-electron chi connectivity index (χ3n) is 5.14. The molecule has 0 amide bonds. The number of piperidine rings is 1. The summed E-state index contributed by atoms with van der Waals surface area (Å²) in [5.41, 5.74) is 1.52. The Morgan fingerprint density at radius 3 is 2.42 bits per heavy atom. The van der Waals surface area contributed by atoms with E-state index in [1.807, 2.05) is 26.1 Å². The molecule has 140 valence electrons. The second kappa shape index (κ2) is 6.37. The Labute approximate surface area is 154 Å². The van der Waals surface area contributed by atoms with Crippen molar-refractivity contribution in [2.75, 3.05) is 18.0 Å². The number of aliphatic carboxylic acids is 1. The number of anilines is 1. The lowest BCUT2D eigenvalue weighted by molar-refractivity contribution is -0.149. The van der Waals surface area contributed by atoms with Gasteiger partial charge in [0, 0.05) is 43.7 Å². The molecule has 1 aliphatic heterocycles. The van der Waals surface area contributed by atoms with E-state index in [9.17, 15) is 9.90 Å². The summed E-state index contributed by atoms with van der Waals surface area (Å²) in [6.45, 7) is 11.3.